The van der Waals surface area contributed by atoms with Crippen molar-refractivity contribution in [1.82, 2.24) is 24.5 Å². The second kappa shape index (κ2) is 7.60. The predicted octanol–water partition coefficient (Wildman–Crippen LogP) is 2.40. The van der Waals surface area contributed by atoms with Crippen LogP contribution in [-0.4, -0.2) is 55.7 Å². The van der Waals surface area contributed by atoms with E-state index in [1.54, 1.807) is 15.8 Å². The Morgan fingerprint density at radius 3 is 2.55 bits per heavy atom. The highest BCUT2D eigenvalue weighted by Crippen LogP contribution is 2.41. The zero-order valence-corrected chi connectivity index (χ0v) is 18.1. The van der Waals surface area contributed by atoms with Gasteiger partial charge < -0.3 is 9.64 Å². The number of ether oxygens (including phenoxy) is 1. The Kier molecular flexibility index (Phi) is 4.89. The van der Waals surface area contributed by atoms with Crippen LogP contribution in [-0.2, 0) is 16.1 Å². The van der Waals surface area contributed by atoms with Gasteiger partial charge in [-0.15, -0.1) is 0 Å². The molecule has 1 aromatic carbocycles. The first-order chi connectivity index (χ1) is 14.9. The normalized spacial score (nSPS) is 21.6. The number of carbonyl (C=O) groups excluding carboxylic acids is 1. The Balaban J connectivity index is 1.58. The fourth-order valence-electron chi connectivity index (χ4n) is 4.45. The Hall–Kier alpha value is -3.00. The quantitative estimate of drug-likeness (QED) is 0.646. The Bertz CT molecular complexity index is 1200. The van der Waals surface area contributed by atoms with Gasteiger partial charge in [0.05, 0.1) is 29.8 Å². The summed E-state index contributed by atoms with van der Waals surface area (Å²) in [7, 11) is 0. The number of hydrogen-bond acceptors (Lipinski definition) is 5. The van der Waals surface area contributed by atoms with Gasteiger partial charge >= 0.3 is 0 Å². The summed E-state index contributed by atoms with van der Waals surface area (Å²) in [5.41, 5.74) is 2.95. The molecular formula is C23H27N5O3. The minimum Gasteiger partial charge on any atom is -0.372 e. The molecule has 1 aliphatic carbocycles. The van der Waals surface area contributed by atoms with Crippen LogP contribution in [0.2, 0.25) is 0 Å². The zero-order chi connectivity index (χ0) is 21.7. The average Bonchev–Trinajstić information content (AvgIpc) is 3.48. The van der Waals surface area contributed by atoms with E-state index in [0.29, 0.717) is 24.5 Å². The number of aryl methyl sites for hydroxylation is 1. The summed E-state index contributed by atoms with van der Waals surface area (Å²) in [6.07, 6.45) is 3.78. The molecule has 0 spiro atoms. The molecule has 1 amide bonds. The molecule has 2 aliphatic rings. The summed E-state index contributed by atoms with van der Waals surface area (Å²) in [5.74, 6) is 0.210. The molecule has 8 nitrogen and oxygen atoms in total. The molecule has 31 heavy (non-hydrogen) atoms. The number of hydrogen-bond donors (Lipinski definition) is 0. The van der Waals surface area contributed by atoms with E-state index in [9.17, 15) is 9.59 Å². The monoisotopic (exact) mass is 421 g/mol. The highest BCUT2D eigenvalue weighted by atomic mass is 16.5. The van der Waals surface area contributed by atoms with Gasteiger partial charge in [0.1, 0.15) is 12.1 Å². The smallest absolute Gasteiger partial charge is 0.293 e. The summed E-state index contributed by atoms with van der Waals surface area (Å²) in [4.78, 5) is 28.3. The molecule has 8 heteroatoms. The molecule has 5 rings (SSSR count). The minimum atomic E-state index is -0.289. The van der Waals surface area contributed by atoms with Crippen molar-refractivity contribution >= 4 is 16.8 Å². The Morgan fingerprint density at radius 2 is 1.87 bits per heavy atom. The molecule has 162 valence electrons. The van der Waals surface area contributed by atoms with Crippen molar-refractivity contribution in [2.24, 2.45) is 0 Å². The first kappa shape index (κ1) is 19.9. The molecule has 0 bridgehead atoms. The number of para-hydroxylation sites is 1. The molecule has 2 atom stereocenters. The molecule has 0 unspecified atom stereocenters. The largest absolute Gasteiger partial charge is 0.372 e. The molecule has 1 aliphatic heterocycles. The summed E-state index contributed by atoms with van der Waals surface area (Å²) in [6.45, 7) is 6.88. The SMILES string of the molecule is Cc1ccccc1-n1ncc2c(C3CC3)nn(CC(=O)N3C[C@@H](C)O[C@@H](C)C3)c(=O)c21. The van der Waals surface area contributed by atoms with Crippen LogP contribution in [0.25, 0.3) is 16.6 Å². The average molecular weight is 422 g/mol. The number of carbonyl (C=O) groups is 1. The predicted molar refractivity (Wildman–Crippen MR) is 116 cm³/mol. The van der Waals surface area contributed by atoms with Crippen LogP contribution in [0.5, 0.6) is 0 Å². The lowest BCUT2D eigenvalue weighted by molar-refractivity contribution is -0.144. The summed E-state index contributed by atoms with van der Waals surface area (Å²) < 4.78 is 8.76. The molecular weight excluding hydrogens is 394 g/mol. The molecule has 0 N–H and O–H groups in total. The second-order valence-corrected chi connectivity index (χ2v) is 8.78. The van der Waals surface area contributed by atoms with Crippen LogP contribution >= 0.6 is 0 Å². The summed E-state index contributed by atoms with van der Waals surface area (Å²) >= 11 is 0. The van der Waals surface area contributed by atoms with E-state index in [0.717, 1.165) is 35.2 Å². The van der Waals surface area contributed by atoms with E-state index in [-0.39, 0.29) is 30.2 Å². The molecule has 0 radical (unpaired) electrons. The van der Waals surface area contributed by atoms with Gasteiger partial charge in [0.15, 0.2) is 0 Å². The number of rotatable bonds is 4. The van der Waals surface area contributed by atoms with Crippen molar-refractivity contribution in [2.45, 2.75) is 58.3 Å². The van der Waals surface area contributed by atoms with E-state index in [1.165, 1.54) is 4.68 Å². The van der Waals surface area contributed by atoms with Gasteiger partial charge in [0.2, 0.25) is 5.91 Å². The zero-order valence-electron chi connectivity index (χ0n) is 18.1. The number of nitrogens with zero attached hydrogens (tertiary/aromatic N) is 5. The third-order valence-electron chi connectivity index (χ3n) is 6.08. The fraction of sp³-hybridized carbons (Fsp3) is 0.478. The van der Waals surface area contributed by atoms with Gasteiger partial charge in [-0.2, -0.15) is 10.2 Å². The van der Waals surface area contributed by atoms with E-state index in [2.05, 4.69) is 10.2 Å². The van der Waals surface area contributed by atoms with E-state index in [1.807, 2.05) is 45.0 Å². The Labute approximate surface area is 180 Å². The lowest BCUT2D eigenvalue weighted by atomic mass is 10.1. The molecule has 2 aromatic heterocycles. The first-order valence-electron chi connectivity index (χ1n) is 10.9. The number of benzene rings is 1. The first-order valence-corrected chi connectivity index (χ1v) is 10.9. The van der Waals surface area contributed by atoms with Gasteiger partial charge in [-0.3, -0.25) is 9.59 Å². The minimum absolute atomic E-state index is 0.0237. The number of fused-ring (bicyclic) bond motifs is 1. The maximum absolute atomic E-state index is 13.5. The van der Waals surface area contributed by atoms with Crippen LogP contribution in [0, 0.1) is 6.92 Å². The van der Waals surface area contributed by atoms with Crippen molar-refractivity contribution in [3.8, 4) is 5.69 Å². The van der Waals surface area contributed by atoms with Crippen LogP contribution in [0.15, 0.2) is 35.3 Å². The number of aromatic nitrogens is 4. The van der Waals surface area contributed by atoms with Crippen molar-refractivity contribution in [3.63, 3.8) is 0 Å². The van der Waals surface area contributed by atoms with Crippen molar-refractivity contribution in [1.29, 1.82) is 0 Å². The van der Waals surface area contributed by atoms with Gasteiger partial charge in [-0.25, -0.2) is 9.36 Å². The lowest BCUT2D eigenvalue weighted by Gasteiger charge is -2.35. The molecule has 3 heterocycles. The van der Waals surface area contributed by atoms with Gasteiger partial charge in [-0.05, 0) is 45.2 Å². The van der Waals surface area contributed by atoms with Crippen LogP contribution in [0.3, 0.4) is 0 Å². The maximum Gasteiger partial charge on any atom is 0.293 e. The topological polar surface area (TPSA) is 82.2 Å². The van der Waals surface area contributed by atoms with Gasteiger partial charge in [-0.1, -0.05) is 18.2 Å². The number of morpholine rings is 1. The van der Waals surface area contributed by atoms with Crippen LogP contribution < -0.4 is 5.56 Å². The molecule has 1 saturated carbocycles. The van der Waals surface area contributed by atoms with Crippen LogP contribution in [0.1, 0.15) is 43.9 Å². The van der Waals surface area contributed by atoms with E-state index >= 15 is 0 Å². The van der Waals surface area contributed by atoms with Crippen LogP contribution in [0.4, 0.5) is 0 Å². The Morgan fingerprint density at radius 1 is 1.16 bits per heavy atom. The van der Waals surface area contributed by atoms with Gasteiger partial charge in [0.25, 0.3) is 5.56 Å². The summed E-state index contributed by atoms with van der Waals surface area (Å²) in [5, 5.41) is 9.96. The lowest BCUT2D eigenvalue weighted by Crippen LogP contribution is -2.49. The van der Waals surface area contributed by atoms with Crippen molar-refractivity contribution in [3.05, 3.63) is 52.1 Å². The fourth-order valence-corrected chi connectivity index (χ4v) is 4.45. The standard InChI is InChI=1S/C23H27N5O3/c1-14-6-4-5-7-19(14)28-22-18(10-24-28)21(17-8-9-17)25-27(23(22)30)13-20(29)26-11-15(2)31-16(3)12-26/h4-7,10,15-17H,8-9,11-13H2,1-3H3/t15-,16+. The molecule has 1 saturated heterocycles. The summed E-state index contributed by atoms with van der Waals surface area (Å²) in [6, 6.07) is 7.84. The highest BCUT2D eigenvalue weighted by molar-refractivity contribution is 5.83. The molecule has 2 fully saturated rings. The number of amides is 1. The third-order valence-corrected chi connectivity index (χ3v) is 6.08. The van der Waals surface area contributed by atoms with Crippen molar-refractivity contribution < 1.29 is 9.53 Å². The maximum atomic E-state index is 13.5. The van der Waals surface area contributed by atoms with E-state index in [4.69, 9.17) is 4.74 Å². The third kappa shape index (κ3) is 3.65. The van der Waals surface area contributed by atoms with E-state index < -0.39 is 0 Å². The van der Waals surface area contributed by atoms with Crippen molar-refractivity contribution in [2.75, 3.05) is 13.1 Å². The highest BCUT2D eigenvalue weighted by Gasteiger charge is 2.31. The molecule has 3 aromatic rings. The second-order valence-electron chi connectivity index (χ2n) is 8.78. The van der Waals surface area contributed by atoms with Gasteiger partial charge in [0, 0.05) is 24.4 Å².